The number of ether oxygens (including phenoxy) is 1. The molecule has 7 heteroatoms. The minimum absolute atomic E-state index is 0. The van der Waals surface area contributed by atoms with E-state index in [0.717, 1.165) is 30.5 Å². The number of Topliss-reactive ketones (excluding diaryl/α,β-unsaturated/α-hetero) is 1. The van der Waals surface area contributed by atoms with E-state index in [1.165, 1.54) is 0 Å². The molecule has 7 nitrogen and oxygen atoms in total. The topological polar surface area (TPSA) is 107 Å². The fourth-order valence-corrected chi connectivity index (χ4v) is 7.05. The van der Waals surface area contributed by atoms with Gasteiger partial charge in [0, 0.05) is 24.8 Å². The van der Waals surface area contributed by atoms with E-state index >= 15 is 0 Å². The highest BCUT2D eigenvalue weighted by atomic mass is 16.5. The Kier molecular flexibility index (Phi) is 3.47. The van der Waals surface area contributed by atoms with Crippen LogP contribution in [0, 0.1) is 7.43 Å². The van der Waals surface area contributed by atoms with Gasteiger partial charge in [0.1, 0.15) is 23.8 Å². The minimum Gasteiger partial charge on any atom is -0.504 e. The van der Waals surface area contributed by atoms with Crippen molar-refractivity contribution in [3.63, 3.8) is 0 Å². The highest BCUT2D eigenvalue weighted by Gasteiger charge is 2.77. The molecular weight excluding hydrogens is 374 g/mol. The number of aromatic hydroxyl groups is 2. The van der Waals surface area contributed by atoms with E-state index in [1.807, 2.05) is 0 Å². The smallest absolute Gasteiger partial charge is 0.200 e. The lowest BCUT2D eigenvalue weighted by atomic mass is 9.48. The molecule has 6 rings (SSSR count). The summed E-state index contributed by atoms with van der Waals surface area (Å²) in [6.45, 7) is 1.31. The maximum Gasteiger partial charge on any atom is 0.200 e. The van der Waals surface area contributed by atoms with Gasteiger partial charge in [-0.05, 0) is 30.9 Å². The average molecular weight is 403 g/mol. The second kappa shape index (κ2) is 5.25. The first kappa shape index (κ1) is 19.2. The van der Waals surface area contributed by atoms with Crippen LogP contribution in [0.5, 0.6) is 17.2 Å². The number of benzene rings is 1. The lowest BCUT2D eigenvalue weighted by molar-refractivity contribution is -0.952. The van der Waals surface area contributed by atoms with Crippen molar-refractivity contribution >= 4 is 5.78 Å². The second-order valence-corrected chi connectivity index (χ2v) is 10.0. The molecule has 2 heterocycles. The van der Waals surface area contributed by atoms with Gasteiger partial charge in [0.2, 0.25) is 5.75 Å². The molecule has 5 aliphatic rings. The van der Waals surface area contributed by atoms with Gasteiger partial charge in [-0.25, -0.2) is 0 Å². The number of aliphatic hydroxyl groups is 2. The van der Waals surface area contributed by atoms with Crippen LogP contribution in [-0.4, -0.2) is 74.2 Å². The molecule has 1 aromatic carbocycles. The first-order valence-corrected chi connectivity index (χ1v) is 10.2. The highest BCUT2D eigenvalue weighted by Crippen LogP contribution is 2.67. The van der Waals surface area contributed by atoms with E-state index in [2.05, 4.69) is 7.05 Å². The largest absolute Gasteiger partial charge is 0.504 e. The van der Waals surface area contributed by atoms with Gasteiger partial charge in [0.15, 0.2) is 23.4 Å². The van der Waals surface area contributed by atoms with Crippen LogP contribution < -0.4 is 4.74 Å². The third kappa shape index (κ3) is 2.01. The molecule has 29 heavy (non-hydrogen) atoms. The molecule has 1 spiro atoms. The standard InChI is InChI=1S/C21H25NO6.CH3/c1-22(10-19(26)4-5-19)7-6-20-15-11-8-13(24)16(25)17(15)28-18(20)12(23)2-3-21(20,27)14(22)9-11;/h8,14,18,26-27H,2-7,9-10H2,1H3,(H-,24,25);1H3/q;-1/p+1/t14-,18+,20+,21-,22-;/m1./s1. The van der Waals surface area contributed by atoms with Crippen molar-refractivity contribution in [2.75, 3.05) is 20.1 Å². The van der Waals surface area contributed by atoms with Gasteiger partial charge in [0.05, 0.1) is 19.0 Å². The second-order valence-electron chi connectivity index (χ2n) is 10.0. The summed E-state index contributed by atoms with van der Waals surface area (Å²) in [6.07, 6.45) is 2.42. The van der Waals surface area contributed by atoms with Gasteiger partial charge >= 0.3 is 0 Å². The molecule has 0 radical (unpaired) electrons. The maximum atomic E-state index is 12.8. The summed E-state index contributed by atoms with van der Waals surface area (Å²) in [5, 5.41) is 43.5. The van der Waals surface area contributed by atoms with Crippen molar-refractivity contribution < 1.29 is 34.4 Å². The number of hydrogen-bond acceptors (Lipinski definition) is 6. The molecule has 158 valence electrons. The number of nitrogens with zero attached hydrogens (tertiary/aromatic N) is 1. The summed E-state index contributed by atoms with van der Waals surface area (Å²) < 4.78 is 6.52. The first-order chi connectivity index (χ1) is 13.1. The lowest BCUT2D eigenvalue weighted by Crippen LogP contribution is -2.81. The molecular formula is C22H29NO6. The Labute approximate surface area is 170 Å². The van der Waals surface area contributed by atoms with Gasteiger partial charge in [-0.2, -0.15) is 0 Å². The van der Waals surface area contributed by atoms with Gasteiger partial charge < -0.3 is 37.1 Å². The summed E-state index contributed by atoms with van der Waals surface area (Å²) in [5.41, 5.74) is -1.13. The molecule has 2 bridgehead atoms. The lowest BCUT2D eigenvalue weighted by Gasteiger charge is -2.64. The molecule has 0 unspecified atom stereocenters. The van der Waals surface area contributed by atoms with E-state index in [-0.39, 0.29) is 42.9 Å². The Hall–Kier alpha value is -1.83. The Bertz CT molecular complexity index is 942. The first-order valence-electron chi connectivity index (χ1n) is 10.2. The molecule has 4 N–H and O–H groups in total. The highest BCUT2D eigenvalue weighted by molar-refractivity contribution is 5.90. The predicted octanol–water partition coefficient (Wildman–Crippen LogP) is 0.941. The van der Waals surface area contributed by atoms with Crippen LogP contribution in [0.15, 0.2) is 6.07 Å². The SMILES string of the molecule is C[N@+]1(CC2(O)CC2)CC[C@]23c4c5cc(O)c(O)c4O[C@H]2C(=O)CC[C@@]3(O)[C@H]1C5.[CH3-]. The normalized spacial score (nSPS) is 42.5. The zero-order chi connectivity index (χ0) is 19.7. The van der Waals surface area contributed by atoms with Gasteiger partial charge in [0.25, 0.3) is 0 Å². The van der Waals surface area contributed by atoms with Crippen LogP contribution in [0.1, 0.15) is 43.2 Å². The third-order valence-electron chi connectivity index (χ3n) is 8.48. The van der Waals surface area contributed by atoms with E-state index in [1.54, 1.807) is 6.07 Å². The summed E-state index contributed by atoms with van der Waals surface area (Å²) in [6, 6.07) is 1.36. The van der Waals surface area contributed by atoms with Crippen molar-refractivity contribution in [3.05, 3.63) is 24.6 Å². The van der Waals surface area contributed by atoms with E-state index in [0.29, 0.717) is 30.3 Å². The van der Waals surface area contributed by atoms with E-state index in [4.69, 9.17) is 4.74 Å². The van der Waals surface area contributed by atoms with Gasteiger partial charge in [-0.15, -0.1) is 0 Å². The van der Waals surface area contributed by atoms with Gasteiger partial charge in [-0.1, -0.05) is 0 Å². The fourth-order valence-electron chi connectivity index (χ4n) is 7.05. The Balaban J connectivity index is 0.00000181. The molecule has 2 saturated carbocycles. The molecule has 5 atom stereocenters. The molecule has 0 aromatic heterocycles. The number of carbonyl (C=O) groups excluding carboxylic acids is 1. The number of likely N-dealkylation sites (N-methyl/N-ethyl adjacent to an activating group) is 1. The Morgan fingerprint density at radius 3 is 2.62 bits per heavy atom. The number of phenols is 2. The number of phenolic OH excluding ortho intramolecular Hbond substituents is 2. The van der Waals surface area contributed by atoms with E-state index in [9.17, 15) is 25.2 Å². The van der Waals surface area contributed by atoms with Crippen molar-refractivity contribution in [1.82, 2.24) is 0 Å². The van der Waals surface area contributed by atoms with Crippen LogP contribution in [0.4, 0.5) is 0 Å². The van der Waals surface area contributed by atoms with Crippen molar-refractivity contribution in [2.24, 2.45) is 0 Å². The summed E-state index contributed by atoms with van der Waals surface area (Å²) in [7, 11) is 2.10. The zero-order valence-electron chi connectivity index (χ0n) is 16.9. The Morgan fingerprint density at radius 2 is 1.93 bits per heavy atom. The predicted molar refractivity (Wildman–Crippen MR) is 104 cm³/mol. The zero-order valence-corrected chi connectivity index (χ0v) is 16.9. The molecule has 3 aliphatic carbocycles. The van der Waals surface area contributed by atoms with Crippen LogP contribution in [-0.2, 0) is 16.6 Å². The van der Waals surface area contributed by atoms with Crippen LogP contribution in [0.25, 0.3) is 0 Å². The minimum atomic E-state index is -1.15. The Morgan fingerprint density at radius 1 is 1.21 bits per heavy atom. The number of likely N-dealkylation sites (tertiary alicyclic amines) is 1. The van der Waals surface area contributed by atoms with Gasteiger partial charge in [-0.3, -0.25) is 4.79 Å². The van der Waals surface area contributed by atoms with Crippen LogP contribution in [0.3, 0.4) is 0 Å². The molecule has 1 saturated heterocycles. The summed E-state index contributed by atoms with van der Waals surface area (Å²) >= 11 is 0. The maximum absolute atomic E-state index is 12.8. The van der Waals surface area contributed by atoms with Crippen molar-refractivity contribution in [1.29, 1.82) is 0 Å². The van der Waals surface area contributed by atoms with Crippen LogP contribution in [0.2, 0.25) is 0 Å². The number of quaternary nitrogens is 1. The molecule has 1 aromatic rings. The summed E-state index contributed by atoms with van der Waals surface area (Å²) in [4.78, 5) is 12.8. The molecule has 0 amide bonds. The van der Waals surface area contributed by atoms with Crippen molar-refractivity contribution in [2.45, 2.75) is 67.3 Å². The van der Waals surface area contributed by atoms with E-state index < -0.39 is 22.7 Å². The number of rotatable bonds is 2. The number of hydrogen-bond donors (Lipinski definition) is 4. The fraction of sp³-hybridized carbons (Fsp3) is 0.636. The summed E-state index contributed by atoms with van der Waals surface area (Å²) in [5.74, 6) is -0.478. The third-order valence-corrected chi connectivity index (χ3v) is 8.48. The number of ketones is 1. The van der Waals surface area contributed by atoms with Crippen LogP contribution >= 0.6 is 0 Å². The molecule has 3 fully saturated rings. The monoisotopic (exact) mass is 403 g/mol. The quantitative estimate of drug-likeness (QED) is 0.333. The van der Waals surface area contributed by atoms with Crippen molar-refractivity contribution in [3.8, 4) is 17.2 Å². The average Bonchev–Trinajstić information content (AvgIpc) is 3.22. The number of carbonyl (C=O) groups is 1. The number of piperidine rings is 1. The molecule has 2 aliphatic heterocycles.